The minimum absolute atomic E-state index is 0.127. The molecule has 0 unspecified atom stereocenters. The second-order valence-corrected chi connectivity index (χ2v) is 5.11. The second kappa shape index (κ2) is 6.09. The highest BCUT2D eigenvalue weighted by Crippen LogP contribution is 2.18. The Morgan fingerprint density at radius 2 is 2.23 bits per heavy atom. The van der Waals surface area contributed by atoms with Crippen LogP contribution >= 0.6 is 12.2 Å². The predicted molar refractivity (Wildman–Crippen MR) is 78.4 cm³/mol. The van der Waals surface area contributed by atoms with Crippen LogP contribution in [0, 0.1) is 16.2 Å². The van der Waals surface area contributed by atoms with E-state index in [9.17, 15) is 4.79 Å². The number of benzene rings is 1. The average Bonchev–Trinajstić information content (AvgIpc) is 3.01. The van der Waals surface area contributed by atoms with E-state index in [4.69, 9.17) is 26.6 Å². The molecule has 1 aromatic carbocycles. The number of amides is 1. The summed E-state index contributed by atoms with van der Waals surface area (Å²) in [4.78, 5) is 14.2. The lowest BCUT2D eigenvalue weighted by molar-refractivity contribution is 0.00347. The number of ether oxygens (including phenoxy) is 1. The van der Waals surface area contributed by atoms with Gasteiger partial charge in [-0.3, -0.25) is 4.79 Å². The van der Waals surface area contributed by atoms with Gasteiger partial charge in [0.2, 0.25) is 5.89 Å². The lowest BCUT2D eigenvalue weighted by Crippen LogP contribution is -2.45. The Hall–Kier alpha value is -2.50. The number of hydrogen-bond acceptors (Lipinski definition) is 6. The van der Waals surface area contributed by atoms with Crippen molar-refractivity contribution in [2.75, 3.05) is 19.7 Å². The molecule has 2 heterocycles. The number of aromatic amines is 1. The van der Waals surface area contributed by atoms with Crippen molar-refractivity contribution in [3.63, 3.8) is 0 Å². The van der Waals surface area contributed by atoms with Crippen molar-refractivity contribution in [1.82, 2.24) is 15.1 Å². The first-order chi connectivity index (χ1) is 10.7. The standard InChI is InChI=1S/C14H12N4O3S/c15-7-11-8-18(5-6-20-11)13(19)10-3-1-9(2-4-10)12-16-17-14(22)21-12/h1-4,11H,5-6,8H2,(H,17,22)/t11-/m0/s1. The maximum absolute atomic E-state index is 12.4. The highest BCUT2D eigenvalue weighted by molar-refractivity contribution is 7.71. The fourth-order valence-corrected chi connectivity index (χ4v) is 2.33. The molecule has 1 atom stereocenters. The number of rotatable bonds is 2. The number of nitrogens with one attached hydrogen (secondary N) is 1. The number of hydrogen-bond donors (Lipinski definition) is 1. The van der Waals surface area contributed by atoms with Crippen molar-refractivity contribution < 1.29 is 13.9 Å². The number of nitriles is 1. The van der Waals surface area contributed by atoms with Crippen LogP contribution in [0.1, 0.15) is 10.4 Å². The second-order valence-electron chi connectivity index (χ2n) is 4.74. The van der Waals surface area contributed by atoms with Gasteiger partial charge in [-0.25, -0.2) is 5.10 Å². The van der Waals surface area contributed by atoms with Crippen LogP contribution in [0.5, 0.6) is 0 Å². The Kier molecular flexibility index (Phi) is 4.00. The zero-order chi connectivity index (χ0) is 15.5. The fraction of sp³-hybridized carbons (Fsp3) is 0.286. The minimum atomic E-state index is -0.565. The van der Waals surface area contributed by atoms with E-state index in [1.165, 1.54) is 0 Å². The molecular formula is C14H12N4O3S. The molecule has 1 amide bonds. The van der Waals surface area contributed by atoms with E-state index in [0.29, 0.717) is 24.6 Å². The van der Waals surface area contributed by atoms with Crippen LogP contribution in [0.2, 0.25) is 0 Å². The van der Waals surface area contributed by atoms with Gasteiger partial charge in [0.15, 0.2) is 6.10 Å². The number of carbonyl (C=O) groups is 1. The number of nitrogens with zero attached hydrogens (tertiary/aromatic N) is 3. The van der Waals surface area contributed by atoms with E-state index in [1.807, 2.05) is 6.07 Å². The van der Waals surface area contributed by atoms with Gasteiger partial charge in [-0.15, -0.1) is 5.10 Å². The molecule has 0 bridgehead atoms. The molecule has 112 valence electrons. The number of carbonyl (C=O) groups excluding carboxylic acids is 1. The predicted octanol–water partition coefficient (Wildman–Crippen LogP) is 1.76. The monoisotopic (exact) mass is 316 g/mol. The summed E-state index contributed by atoms with van der Waals surface area (Å²) in [7, 11) is 0. The van der Waals surface area contributed by atoms with Crippen molar-refractivity contribution in [2.45, 2.75) is 6.10 Å². The normalized spacial score (nSPS) is 18.0. The topological polar surface area (TPSA) is 95.2 Å². The third kappa shape index (κ3) is 2.90. The molecule has 1 N–H and O–H groups in total. The summed E-state index contributed by atoms with van der Waals surface area (Å²) in [5.74, 6) is 0.248. The first-order valence-electron chi connectivity index (χ1n) is 6.64. The molecular weight excluding hydrogens is 304 g/mol. The van der Waals surface area contributed by atoms with Crippen LogP contribution in [-0.4, -0.2) is 46.8 Å². The summed E-state index contributed by atoms with van der Waals surface area (Å²) < 4.78 is 10.4. The molecule has 8 heteroatoms. The van der Waals surface area contributed by atoms with Crippen molar-refractivity contribution in [3.8, 4) is 17.5 Å². The summed E-state index contributed by atoms with van der Waals surface area (Å²) in [5.41, 5.74) is 1.26. The zero-order valence-corrected chi connectivity index (χ0v) is 12.3. The third-order valence-corrected chi connectivity index (χ3v) is 3.49. The molecule has 0 saturated carbocycles. The SMILES string of the molecule is N#C[C@H]1CN(C(=O)c2ccc(-c3n[nH]c(=S)o3)cc2)CCO1. The summed E-state index contributed by atoms with van der Waals surface area (Å²) in [6, 6.07) is 8.90. The molecule has 1 aliphatic heterocycles. The van der Waals surface area contributed by atoms with Crippen LogP contribution in [0.4, 0.5) is 0 Å². The molecule has 1 fully saturated rings. The summed E-state index contributed by atoms with van der Waals surface area (Å²) >= 11 is 4.82. The van der Waals surface area contributed by atoms with Gasteiger partial charge in [0.05, 0.1) is 19.2 Å². The van der Waals surface area contributed by atoms with Crippen molar-refractivity contribution in [1.29, 1.82) is 5.26 Å². The Morgan fingerprint density at radius 1 is 1.45 bits per heavy atom. The smallest absolute Gasteiger partial charge is 0.284 e. The Balaban J connectivity index is 1.76. The fourth-order valence-electron chi connectivity index (χ4n) is 2.20. The maximum Gasteiger partial charge on any atom is 0.284 e. The molecule has 1 aromatic heterocycles. The van der Waals surface area contributed by atoms with Crippen molar-refractivity contribution >= 4 is 18.1 Å². The van der Waals surface area contributed by atoms with E-state index < -0.39 is 6.10 Å². The van der Waals surface area contributed by atoms with Crippen LogP contribution in [-0.2, 0) is 4.74 Å². The Bertz CT molecular complexity index is 774. The quantitative estimate of drug-likeness (QED) is 0.848. The Labute approximate surface area is 131 Å². The Morgan fingerprint density at radius 3 is 2.86 bits per heavy atom. The van der Waals surface area contributed by atoms with E-state index in [-0.39, 0.29) is 17.3 Å². The highest BCUT2D eigenvalue weighted by Gasteiger charge is 2.24. The van der Waals surface area contributed by atoms with E-state index in [1.54, 1.807) is 29.2 Å². The maximum atomic E-state index is 12.4. The van der Waals surface area contributed by atoms with Gasteiger partial charge < -0.3 is 14.1 Å². The van der Waals surface area contributed by atoms with Gasteiger partial charge in [0.1, 0.15) is 0 Å². The zero-order valence-electron chi connectivity index (χ0n) is 11.5. The largest absolute Gasteiger partial charge is 0.409 e. The third-order valence-electron chi connectivity index (χ3n) is 3.31. The van der Waals surface area contributed by atoms with Gasteiger partial charge in [-0.05, 0) is 36.5 Å². The number of morpholine rings is 1. The summed E-state index contributed by atoms with van der Waals surface area (Å²) in [6.07, 6.45) is -0.565. The molecule has 3 rings (SSSR count). The molecule has 1 aliphatic rings. The van der Waals surface area contributed by atoms with Crippen molar-refractivity contribution in [2.24, 2.45) is 0 Å². The number of aromatic nitrogens is 2. The van der Waals surface area contributed by atoms with E-state index >= 15 is 0 Å². The summed E-state index contributed by atoms with van der Waals surface area (Å²) in [5, 5.41) is 15.4. The average molecular weight is 316 g/mol. The number of H-pyrrole nitrogens is 1. The first kappa shape index (κ1) is 14.4. The molecule has 2 aromatic rings. The first-order valence-corrected chi connectivity index (χ1v) is 7.04. The molecule has 0 spiro atoms. The van der Waals surface area contributed by atoms with Crippen LogP contribution in [0.25, 0.3) is 11.5 Å². The van der Waals surface area contributed by atoms with Crippen LogP contribution in [0.3, 0.4) is 0 Å². The molecule has 22 heavy (non-hydrogen) atoms. The van der Waals surface area contributed by atoms with E-state index in [2.05, 4.69) is 10.2 Å². The van der Waals surface area contributed by atoms with Gasteiger partial charge >= 0.3 is 0 Å². The van der Waals surface area contributed by atoms with Crippen LogP contribution in [0.15, 0.2) is 28.7 Å². The summed E-state index contributed by atoms with van der Waals surface area (Å²) in [6.45, 7) is 1.13. The molecule has 0 radical (unpaired) electrons. The lowest BCUT2D eigenvalue weighted by atomic mass is 10.1. The van der Waals surface area contributed by atoms with Crippen molar-refractivity contribution in [3.05, 3.63) is 34.7 Å². The van der Waals surface area contributed by atoms with E-state index in [0.717, 1.165) is 5.56 Å². The highest BCUT2D eigenvalue weighted by atomic mass is 32.1. The molecule has 1 saturated heterocycles. The van der Waals surface area contributed by atoms with Crippen LogP contribution < -0.4 is 0 Å². The molecule has 7 nitrogen and oxygen atoms in total. The van der Waals surface area contributed by atoms with Gasteiger partial charge in [0.25, 0.3) is 10.7 Å². The molecule has 0 aliphatic carbocycles. The van der Waals surface area contributed by atoms with Gasteiger partial charge in [-0.2, -0.15) is 5.26 Å². The lowest BCUT2D eigenvalue weighted by Gasteiger charge is -2.29. The van der Waals surface area contributed by atoms with Gasteiger partial charge in [0, 0.05) is 17.7 Å². The minimum Gasteiger partial charge on any atom is -0.409 e. The van der Waals surface area contributed by atoms with Gasteiger partial charge in [-0.1, -0.05) is 0 Å².